The van der Waals surface area contributed by atoms with Crippen LogP contribution in [0, 0.1) is 0 Å². The minimum Gasteiger partial charge on any atom is -0.490 e. The van der Waals surface area contributed by atoms with Gasteiger partial charge in [0.2, 0.25) is 0 Å². The van der Waals surface area contributed by atoms with Crippen molar-refractivity contribution < 1.29 is 9.47 Å². The van der Waals surface area contributed by atoms with E-state index in [1.54, 1.807) is 12.5 Å². The van der Waals surface area contributed by atoms with Crippen LogP contribution in [-0.2, 0) is 0 Å². The molecule has 1 atom stereocenters. The third-order valence-corrected chi connectivity index (χ3v) is 2.94. The molecule has 2 rings (SSSR count). The fraction of sp³-hybridized carbons (Fsp3) is 0.400. The summed E-state index contributed by atoms with van der Waals surface area (Å²) in [5.74, 6) is 1.48. The van der Waals surface area contributed by atoms with Crippen molar-refractivity contribution in [2.24, 2.45) is 5.73 Å². The molecule has 0 aliphatic rings. The van der Waals surface area contributed by atoms with E-state index in [0.29, 0.717) is 13.2 Å². The molecular formula is C15H21N3O2. The highest BCUT2D eigenvalue weighted by Crippen LogP contribution is 2.30. The SMILES string of the molecule is CCOc1ccc(-n2cncc2[C@H](C)N)cc1OCC. The van der Waals surface area contributed by atoms with Crippen molar-refractivity contribution in [2.45, 2.75) is 26.8 Å². The van der Waals surface area contributed by atoms with Gasteiger partial charge in [-0.1, -0.05) is 0 Å². The Bertz CT molecular complexity index is 564. The van der Waals surface area contributed by atoms with Crippen molar-refractivity contribution in [3.63, 3.8) is 0 Å². The molecule has 0 aliphatic carbocycles. The van der Waals surface area contributed by atoms with Crippen LogP contribution in [0.4, 0.5) is 0 Å². The Morgan fingerprint density at radius 2 is 1.90 bits per heavy atom. The number of benzene rings is 1. The van der Waals surface area contributed by atoms with Gasteiger partial charge in [0.05, 0.1) is 37.1 Å². The Balaban J connectivity index is 2.42. The first-order valence-corrected chi connectivity index (χ1v) is 6.85. The molecule has 0 saturated heterocycles. The maximum Gasteiger partial charge on any atom is 0.163 e. The summed E-state index contributed by atoms with van der Waals surface area (Å²) in [5, 5.41) is 0. The molecule has 0 amide bonds. The van der Waals surface area contributed by atoms with E-state index >= 15 is 0 Å². The van der Waals surface area contributed by atoms with Gasteiger partial charge in [0.15, 0.2) is 11.5 Å². The van der Waals surface area contributed by atoms with Crippen molar-refractivity contribution in [1.82, 2.24) is 9.55 Å². The molecular weight excluding hydrogens is 254 g/mol. The van der Waals surface area contributed by atoms with Crippen molar-refractivity contribution >= 4 is 0 Å². The molecule has 5 heteroatoms. The van der Waals surface area contributed by atoms with Gasteiger partial charge >= 0.3 is 0 Å². The smallest absolute Gasteiger partial charge is 0.163 e. The number of hydrogen-bond acceptors (Lipinski definition) is 4. The van der Waals surface area contributed by atoms with Crippen LogP contribution in [-0.4, -0.2) is 22.8 Å². The lowest BCUT2D eigenvalue weighted by Gasteiger charge is -2.15. The van der Waals surface area contributed by atoms with E-state index in [1.165, 1.54) is 0 Å². The maximum absolute atomic E-state index is 5.95. The first-order chi connectivity index (χ1) is 9.67. The molecule has 20 heavy (non-hydrogen) atoms. The highest BCUT2D eigenvalue weighted by atomic mass is 16.5. The number of imidazole rings is 1. The molecule has 0 unspecified atom stereocenters. The highest BCUT2D eigenvalue weighted by Gasteiger charge is 2.11. The summed E-state index contributed by atoms with van der Waals surface area (Å²) in [6.45, 7) is 7.04. The van der Waals surface area contributed by atoms with E-state index < -0.39 is 0 Å². The van der Waals surface area contributed by atoms with E-state index in [1.807, 2.05) is 43.5 Å². The Morgan fingerprint density at radius 1 is 1.20 bits per heavy atom. The fourth-order valence-corrected chi connectivity index (χ4v) is 2.05. The minimum atomic E-state index is -0.0837. The van der Waals surface area contributed by atoms with Crippen LogP contribution in [0.15, 0.2) is 30.7 Å². The van der Waals surface area contributed by atoms with Gasteiger partial charge < -0.3 is 19.8 Å². The van der Waals surface area contributed by atoms with Gasteiger partial charge in [0.25, 0.3) is 0 Å². The minimum absolute atomic E-state index is 0.0837. The Kier molecular flexibility index (Phi) is 4.63. The molecule has 108 valence electrons. The van der Waals surface area contributed by atoms with E-state index in [2.05, 4.69) is 4.98 Å². The second-order valence-electron chi connectivity index (χ2n) is 4.47. The first kappa shape index (κ1) is 14.4. The predicted molar refractivity (Wildman–Crippen MR) is 78.5 cm³/mol. The molecule has 0 radical (unpaired) electrons. The number of nitrogens with two attached hydrogens (primary N) is 1. The van der Waals surface area contributed by atoms with Gasteiger partial charge in [-0.2, -0.15) is 0 Å². The summed E-state index contributed by atoms with van der Waals surface area (Å²) in [7, 11) is 0. The summed E-state index contributed by atoms with van der Waals surface area (Å²) in [6.07, 6.45) is 3.53. The zero-order valence-electron chi connectivity index (χ0n) is 12.2. The van der Waals surface area contributed by atoms with Crippen molar-refractivity contribution in [3.8, 4) is 17.2 Å². The first-order valence-electron chi connectivity index (χ1n) is 6.85. The molecule has 0 aliphatic heterocycles. The van der Waals surface area contributed by atoms with Gasteiger partial charge in [-0.3, -0.25) is 0 Å². The van der Waals surface area contributed by atoms with Crippen LogP contribution < -0.4 is 15.2 Å². The van der Waals surface area contributed by atoms with Gasteiger partial charge in [-0.25, -0.2) is 4.98 Å². The summed E-state index contributed by atoms with van der Waals surface area (Å²) in [6, 6.07) is 5.75. The molecule has 5 nitrogen and oxygen atoms in total. The summed E-state index contributed by atoms with van der Waals surface area (Å²) in [5.41, 5.74) is 7.87. The van der Waals surface area contributed by atoms with Crippen molar-refractivity contribution in [2.75, 3.05) is 13.2 Å². The van der Waals surface area contributed by atoms with E-state index in [-0.39, 0.29) is 6.04 Å². The Labute approximate surface area is 119 Å². The zero-order valence-corrected chi connectivity index (χ0v) is 12.2. The average Bonchev–Trinajstić information content (AvgIpc) is 2.91. The number of hydrogen-bond donors (Lipinski definition) is 1. The van der Waals surface area contributed by atoms with Gasteiger partial charge in [0.1, 0.15) is 0 Å². The highest BCUT2D eigenvalue weighted by molar-refractivity contribution is 5.49. The average molecular weight is 275 g/mol. The molecule has 0 saturated carbocycles. The van der Waals surface area contributed by atoms with Crippen LogP contribution >= 0.6 is 0 Å². The zero-order chi connectivity index (χ0) is 14.5. The molecule has 2 aromatic rings. The Hall–Kier alpha value is -2.01. The number of aromatic nitrogens is 2. The van der Waals surface area contributed by atoms with Crippen molar-refractivity contribution in [1.29, 1.82) is 0 Å². The second-order valence-corrected chi connectivity index (χ2v) is 4.47. The largest absolute Gasteiger partial charge is 0.490 e. The van der Waals surface area contributed by atoms with Crippen LogP contribution in [0.25, 0.3) is 5.69 Å². The fourth-order valence-electron chi connectivity index (χ4n) is 2.05. The van der Waals surface area contributed by atoms with Gasteiger partial charge in [0, 0.05) is 12.1 Å². The third kappa shape index (κ3) is 2.93. The maximum atomic E-state index is 5.95. The van der Waals surface area contributed by atoms with E-state index in [0.717, 1.165) is 22.9 Å². The van der Waals surface area contributed by atoms with E-state index in [9.17, 15) is 0 Å². The van der Waals surface area contributed by atoms with Gasteiger partial charge in [-0.05, 0) is 32.9 Å². The third-order valence-electron chi connectivity index (χ3n) is 2.94. The standard InChI is InChI=1S/C15H21N3O2/c1-4-19-14-7-6-12(8-15(14)20-5-2)18-10-17-9-13(18)11(3)16/h6-11H,4-5,16H2,1-3H3/t11-/m0/s1. The quantitative estimate of drug-likeness (QED) is 0.880. The monoisotopic (exact) mass is 275 g/mol. The van der Waals surface area contributed by atoms with Crippen LogP contribution in [0.2, 0.25) is 0 Å². The summed E-state index contributed by atoms with van der Waals surface area (Å²) >= 11 is 0. The lowest BCUT2D eigenvalue weighted by atomic mass is 10.2. The van der Waals surface area contributed by atoms with Crippen molar-refractivity contribution in [3.05, 3.63) is 36.4 Å². The Morgan fingerprint density at radius 3 is 2.55 bits per heavy atom. The molecule has 1 aromatic carbocycles. The number of nitrogens with zero attached hydrogens (tertiary/aromatic N) is 2. The normalized spacial score (nSPS) is 12.2. The van der Waals surface area contributed by atoms with Gasteiger partial charge in [-0.15, -0.1) is 0 Å². The lowest BCUT2D eigenvalue weighted by Crippen LogP contribution is -2.10. The van der Waals surface area contributed by atoms with Crippen LogP contribution in [0.5, 0.6) is 11.5 Å². The lowest BCUT2D eigenvalue weighted by molar-refractivity contribution is 0.287. The summed E-state index contributed by atoms with van der Waals surface area (Å²) < 4.78 is 13.2. The molecule has 1 heterocycles. The number of rotatable bonds is 6. The molecule has 0 fully saturated rings. The topological polar surface area (TPSA) is 62.3 Å². The van der Waals surface area contributed by atoms with E-state index in [4.69, 9.17) is 15.2 Å². The second kappa shape index (κ2) is 6.43. The molecule has 1 aromatic heterocycles. The molecule has 2 N–H and O–H groups in total. The number of ether oxygens (including phenoxy) is 2. The predicted octanol–water partition coefficient (Wildman–Crippen LogP) is 2.69. The molecule has 0 spiro atoms. The van der Waals surface area contributed by atoms with Crippen LogP contribution in [0.3, 0.4) is 0 Å². The summed E-state index contributed by atoms with van der Waals surface area (Å²) in [4.78, 5) is 4.17. The molecule has 0 bridgehead atoms. The van der Waals surface area contributed by atoms with Crippen LogP contribution in [0.1, 0.15) is 32.5 Å².